The second-order valence-corrected chi connectivity index (χ2v) is 29.9. The number of carbonyl (C=O) groups excluding carboxylic acids is 6. The van der Waals surface area contributed by atoms with Crippen molar-refractivity contribution in [2.75, 3.05) is 96.5 Å². The maximum Gasteiger partial charge on any atom is 0.321 e. The molecule has 15 rings (SSSR count). The molecule has 4 aliphatic heterocycles. The zero-order chi connectivity index (χ0) is 77.5. The Balaban J connectivity index is 0.526. The molecule has 1 unspecified atom stereocenters. The number of nitrogens with zero attached hydrogens (tertiary/aromatic N) is 12. The van der Waals surface area contributed by atoms with Crippen molar-refractivity contribution in [1.82, 2.24) is 80.7 Å². The van der Waals surface area contributed by atoms with Gasteiger partial charge in [0.15, 0.2) is 34.0 Å². The van der Waals surface area contributed by atoms with Gasteiger partial charge in [0.1, 0.15) is 24.4 Å². The highest BCUT2D eigenvalue weighted by Crippen LogP contribution is 2.39. The number of aliphatic hydroxyl groups is 4. The predicted octanol–water partition coefficient (Wildman–Crippen LogP) is 5.95. The summed E-state index contributed by atoms with van der Waals surface area (Å²) in [6, 6.07) is 42.2. The van der Waals surface area contributed by atoms with E-state index in [2.05, 4.69) is 102 Å². The molecule has 4 aromatic heterocycles. The van der Waals surface area contributed by atoms with Gasteiger partial charge < -0.3 is 102 Å². The summed E-state index contributed by atoms with van der Waals surface area (Å²) in [4.78, 5) is 117. The summed E-state index contributed by atoms with van der Waals surface area (Å²) in [5.41, 5.74) is 7.13. The number of hydrogen-bond acceptors (Lipinski definition) is 20. The molecule has 32 nitrogen and oxygen atoms in total. The van der Waals surface area contributed by atoms with Crippen LogP contribution in [0.3, 0.4) is 0 Å². The van der Waals surface area contributed by atoms with Crippen LogP contribution in [-0.4, -0.2) is 231 Å². The molecule has 10 amide bonds. The zero-order valence-electron chi connectivity index (χ0n) is 62.4. The first-order chi connectivity index (χ1) is 54.5. The van der Waals surface area contributed by atoms with Crippen molar-refractivity contribution < 1.29 is 49.2 Å². The molecule has 0 bridgehead atoms. The number of aliphatic hydroxyl groups excluding tert-OH is 4. The van der Waals surface area contributed by atoms with Crippen LogP contribution in [0.15, 0.2) is 158 Å². The third-order valence-corrected chi connectivity index (χ3v) is 22.5. The Morgan fingerprint density at radius 1 is 0.429 bits per heavy atom. The average Bonchev–Trinajstić information content (AvgIpc) is 1.60. The van der Waals surface area contributed by atoms with Crippen molar-refractivity contribution in [2.45, 2.75) is 150 Å². The standard InChI is InChI=1S/C80H96N22O10/c1-3-63(103)91-59-37-61(69(107)67(59)105)101-45-83-65-71(81-39-57(47-18-9-5-10-19-47)48-20-11-6-12-21-48)93-75(95-73(65)101)97-32-28-53(41-97)85-77(109)87-55-30-34-99(43-55)79(111)89-51-26-17-27-52(36-51)90-80(112)100-35-31-56(44-100)88-78(110)86-54-29-33-98(42-54)76-94-72(82-40-58(49-22-13-7-14-23-49)50-24-15-8-16-25-50)66-74(96-76)102(46-84-66)62-38-60(68(106)70(62)108)92-64(104)4-2/h5-27,36,45-46,53-62,67-70,105-108H,3-4,28-35,37-44H2,1-2H3,(H,89,111)(H,90,112)(H,91,103)(H,92,104)(H,81,93,95)(H,82,94,96)(H2,85,87,109)(H2,86,88,110)/t53-,54?,55+,56-,59-,60-,61+,62+,67+,68+,69-,70-/m0/s1. The van der Waals surface area contributed by atoms with Gasteiger partial charge in [0, 0.05) is 126 Å². The van der Waals surface area contributed by atoms with Gasteiger partial charge in [0.2, 0.25) is 23.7 Å². The monoisotopic (exact) mass is 1520 g/mol. The van der Waals surface area contributed by atoms with Gasteiger partial charge in [0.25, 0.3) is 0 Å². The van der Waals surface area contributed by atoms with Crippen molar-refractivity contribution in [3.8, 4) is 0 Å². The predicted molar refractivity (Wildman–Crippen MR) is 422 cm³/mol. The average molecular weight is 1530 g/mol. The van der Waals surface area contributed by atoms with Crippen LogP contribution in [0.25, 0.3) is 22.3 Å². The lowest BCUT2D eigenvalue weighted by molar-refractivity contribution is -0.123. The largest absolute Gasteiger partial charge is 0.388 e. The van der Waals surface area contributed by atoms with Crippen molar-refractivity contribution in [3.05, 3.63) is 181 Å². The third kappa shape index (κ3) is 16.9. The van der Waals surface area contributed by atoms with Crippen LogP contribution >= 0.6 is 0 Å². The lowest BCUT2D eigenvalue weighted by Gasteiger charge is -2.22. The van der Waals surface area contributed by atoms with Crippen LogP contribution < -0.4 is 63.0 Å². The van der Waals surface area contributed by atoms with E-state index < -0.39 is 48.6 Å². The van der Waals surface area contributed by atoms with Gasteiger partial charge in [-0.05, 0) is 79.0 Å². The molecular formula is C80H96N22O10. The molecule has 8 heterocycles. The lowest BCUT2D eigenvalue weighted by Crippen LogP contribution is -2.48. The Morgan fingerprint density at radius 3 is 1.15 bits per heavy atom. The molecule has 5 aromatic carbocycles. The molecule has 0 spiro atoms. The smallest absolute Gasteiger partial charge is 0.321 e. The molecule has 14 N–H and O–H groups in total. The number of anilines is 6. The quantitative estimate of drug-likeness (QED) is 0.0332. The maximum absolute atomic E-state index is 13.8. The molecule has 32 heteroatoms. The van der Waals surface area contributed by atoms with Gasteiger partial charge in [-0.1, -0.05) is 141 Å². The number of aromatic nitrogens is 8. The van der Waals surface area contributed by atoms with E-state index in [-0.39, 0.29) is 111 Å². The number of carbonyl (C=O) groups is 6. The van der Waals surface area contributed by atoms with Crippen LogP contribution in [0, 0.1) is 0 Å². The SMILES string of the molecule is CCC(=O)N[C@H]1C[C@@H](n2cnc3c(NCC(c4ccccc4)c4ccccc4)nc(N4CCC(NC(=O)N[C@H]5CCN(C(=O)Nc6cccc(NC(=O)N7CC[C@@H](NC(=O)N[C@H]8CCN(c9nc(NCC(c%10ccccc%10)c%10ccccc%10)c%10ncn([C@@H]%11C[C@H](NC(=O)CC)[C@@H](O)[C@H]%11O)c%10n9)C8)C7)c6)C5)C4)nc32)[C@H](O)[C@@H]1O. The second-order valence-electron chi connectivity index (χ2n) is 29.9. The van der Waals surface area contributed by atoms with Gasteiger partial charge in [-0.3, -0.25) is 9.59 Å². The van der Waals surface area contributed by atoms with Crippen LogP contribution in [0.5, 0.6) is 0 Å². The number of rotatable bonds is 24. The summed E-state index contributed by atoms with van der Waals surface area (Å²) in [5.74, 6) is 1.12. The molecule has 0 radical (unpaired) electrons. The Hall–Kier alpha value is -11.7. The lowest BCUT2D eigenvalue weighted by atomic mass is 9.91. The van der Waals surface area contributed by atoms with Gasteiger partial charge in [-0.15, -0.1) is 0 Å². The van der Waals surface area contributed by atoms with Gasteiger partial charge in [0.05, 0.1) is 36.8 Å². The first-order valence-electron chi connectivity index (χ1n) is 38.8. The van der Waals surface area contributed by atoms with Gasteiger partial charge in [-0.2, -0.15) is 19.9 Å². The fourth-order valence-electron chi connectivity index (χ4n) is 16.4. The number of likely N-dealkylation sites (tertiary alicyclic amines) is 2. The van der Waals surface area contributed by atoms with Crippen molar-refractivity contribution in [3.63, 3.8) is 0 Å². The van der Waals surface area contributed by atoms with Gasteiger partial charge in [-0.25, -0.2) is 29.1 Å². The first kappa shape index (κ1) is 75.7. The van der Waals surface area contributed by atoms with E-state index in [1.807, 2.05) is 82.6 Å². The number of amides is 10. The number of nitrogens with one attached hydrogen (secondary N) is 10. The minimum absolute atomic E-state index is 0.0587. The number of benzene rings is 5. The first-order valence-corrected chi connectivity index (χ1v) is 38.8. The molecule has 586 valence electrons. The number of imidazole rings is 2. The fraction of sp³-hybridized carbons (Fsp3) is 0.425. The van der Waals surface area contributed by atoms with E-state index in [1.54, 1.807) is 69.7 Å². The Labute approximate surface area is 647 Å². The summed E-state index contributed by atoms with van der Waals surface area (Å²) >= 11 is 0. The number of fused-ring (bicyclic) bond motifs is 2. The van der Waals surface area contributed by atoms with E-state index in [4.69, 9.17) is 29.9 Å². The maximum atomic E-state index is 13.8. The third-order valence-electron chi connectivity index (χ3n) is 22.5. The minimum Gasteiger partial charge on any atom is -0.388 e. The van der Waals surface area contributed by atoms with Crippen LogP contribution in [0.2, 0.25) is 0 Å². The van der Waals surface area contributed by atoms with Gasteiger partial charge >= 0.3 is 24.1 Å². The summed E-state index contributed by atoms with van der Waals surface area (Å²) in [7, 11) is 0. The van der Waals surface area contributed by atoms with Crippen LogP contribution in [-0.2, 0) is 9.59 Å². The fourth-order valence-corrected chi connectivity index (χ4v) is 16.4. The number of hydrogen-bond donors (Lipinski definition) is 14. The Kier molecular flexibility index (Phi) is 22.9. The molecule has 6 fully saturated rings. The summed E-state index contributed by atoms with van der Waals surface area (Å²) < 4.78 is 3.50. The summed E-state index contributed by atoms with van der Waals surface area (Å²) in [5, 5.41) is 76.3. The molecule has 4 saturated heterocycles. The second kappa shape index (κ2) is 33.9. The molecular weight excluding hydrogens is 1430 g/mol. The molecule has 6 aliphatic rings. The number of urea groups is 4. The highest BCUT2D eigenvalue weighted by molar-refractivity contribution is 5.93. The van der Waals surface area contributed by atoms with E-state index in [0.29, 0.717) is 135 Å². The van der Waals surface area contributed by atoms with Crippen molar-refractivity contribution in [1.29, 1.82) is 0 Å². The molecule has 12 atom stereocenters. The summed E-state index contributed by atoms with van der Waals surface area (Å²) in [6.45, 7) is 7.43. The van der Waals surface area contributed by atoms with E-state index in [9.17, 15) is 49.2 Å². The molecule has 9 aromatic rings. The highest BCUT2D eigenvalue weighted by atomic mass is 16.3. The normalized spacial score (nSPS) is 23.6. The van der Waals surface area contributed by atoms with E-state index in [1.165, 1.54) is 0 Å². The molecule has 2 saturated carbocycles. The van der Waals surface area contributed by atoms with Crippen molar-refractivity contribution in [2.24, 2.45) is 0 Å². The van der Waals surface area contributed by atoms with Crippen LogP contribution in [0.1, 0.15) is 111 Å². The highest BCUT2D eigenvalue weighted by Gasteiger charge is 2.46. The topological polar surface area (TPSA) is 404 Å². The van der Waals surface area contributed by atoms with Crippen molar-refractivity contribution >= 4 is 93.2 Å². The van der Waals surface area contributed by atoms with Crippen LogP contribution in [0.4, 0.5) is 54.1 Å². The minimum atomic E-state index is -1.22. The summed E-state index contributed by atoms with van der Waals surface area (Å²) in [6.07, 6.45) is 1.45. The van der Waals surface area contributed by atoms with E-state index >= 15 is 0 Å². The molecule has 2 aliphatic carbocycles. The van der Waals surface area contributed by atoms with E-state index in [0.717, 1.165) is 22.3 Å². The Morgan fingerprint density at radius 2 is 0.786 bits per heavy atom. The zero-order valence-corrected chi connectivity index (χ0v) is 62.4. The molecule has 112 heavy (non-hydrogen) atoms. The Bertz CT molecular complexity index is 4440.